The van der Waals surface area contributed by atoms with E-state index in [9.17, 15) is 4.79 Å². The van der Waals surface area contributed by atoms with Crippen LogP contribution in [-0.4, -0.2) is 72.5 Å². The zero-order valence-corrected chi connectivity index (χ0v) is 14.3. The van der Waals surface area contributed by atoms with E-state index < -0.39 is 0 Å². The summed E-state index contributed by atoms with van der Waals surface area (Å²) in [5.74, 6) is 1.30. The summed E-state index contributed by atoms with van der Waals surface area (Å²) < 4.78 is 0. The SMILES string of the molecule is C[C@@H]1CCCCN1C(=O)CN1CCN(CC2CCCC2)CC1. The fourth-order valence-corrected chi connectivity index (χ4v) is 4.44. The molecular weight excluding hydrogens is 274 g/mol. The Morgan fingerprint density at radius 1 is 0.864 bits per heavy atom. The summed E-state index contributed by atoms with van der Waals surface area (Å²) in [4.78, 5) is 19.6. The molecule has 0 bridgehead atoms. The Morgan fingerprint density at radius 3 is 2.18 bits per heavy atom. The van der Waals surface area contributed by atoms with Crippen LogP contribution in [0.4, 0.5) is 0 Å². The fraction of sp³-hybridized carbons (Fsp3) is 0.944. The van der Waals surface area contributed by atoms with Crippen LogP contribution in [0.2, 0.25) is 0 Å². The van der Waals surface area contributed by atoms with Gasteiger partial charge < -0.3 is 9.80 Å². The van der Waals surface area contributed by atoms with E-state index in [0.29, 0.717) is 18.5 Å². The molecule has 1 atom stereocenters. The third-order valence-electron chi connectivity index (χ3n) is 5.94. The Bertz CT molecular complexity index is 359. The summed E-state index contributed by atoms with van der Waals surface area (Å²) in [5.41, 5.74) is 0. The number of carbonyl (C=O) groups is 1. The van der Waals surface area contributed by atoms with E-state index in [4.69, 9.17) is 0 Å². The Labute approximate surface area is 135 Å². The van der Waals surface area contributed by atoms with E-state index >= 15 is 0 Å². The second-order valence-corrected chi connectivity index (χ2v) is 7.66. The lowest BCUT2D eigenvalue weighted by Crippen LogP contribution is -2.52. The van der Waals surface area contributed by atoms with Crippen molar-refractivity contribution in [1.29, 1.82) is 0 Å². The van der Waals surface area contributed by atoms with Gasteiger partial charge in [-0.2, -0.15) is 0 Å². The van der Waals surface area contributed by atoms with E-state index in [1.54, 1.807) is 0 Å². The molecule has 126 valence electrons. The van der Waals surface area contributed by atoms with Crippen molar-refractivity contribution in [2.45, 2.75) is 57.9 Å². The second-order valence-electron chi connectivity index (χ2n) is 7.66. The van der Waals surface area contributed by atoms with Crippen LogP contribution in [0.25, 0.3) is 0 Å². The van der Waals surface area contributed by atoms with Crippen LogP contribution in [0.3, 0.4) is 0 Å². The largest absolute Gasteiger partial charge is 0.339 e. The van der Waals surface area contributed by atoms with Crippen molar-refractivity contribution in [3.05, 3.63) is 0 Å². The topological polar surface area (TPSA) is 26.8 Å². The molecule has 0 aromatic carbocycles. The molecule has 4 heteroatoms. The third-order valence-corrected chi connectivity index (χ3v) is 5.94. The highest BCUT2D eigenvalue weighted by atomic mass is 16.2. The van der Waals surface area contributed by atoms with Crippen molar-refractivity contribution in [2.75, 3.05) is 45.8 Å². The first-order valence-electron chi connectivity index (χ1n) is 9.46. The maximum Gasteiger partial charge on any atom is 0.236 e. The number of piperidine rings is 1. The van der Waals surface area contributed by atoms with Crippen LogP contribution < -0.4 is 0 Å². The summed E-state index contributed by atoms with van der Waals surface area (Å²) in [6, 6.07) is 0.449. The summed E-state index contributed by atoms with van der Waals surface area (Å²) in [7, 11) is 0. The zero-order valence-electron chi connectivity index (χ0n) is 14.3. The maximum atomic E-state index is 12.5. The Balaban J connectivity index is 1.38. The van der Waals surface area contributed by atoms with Gasteiger partial charge in [0.2, 0.25) is 5.91 Å². The molecule has 3 aliphatic rings. The Hall–Kier alpha value is -0.610. The van der Waals surface area contributed by atoms with Crippen molar-refractivity contribution >= 4 is 5.91 Å². The molecule has 0 aromatic heterocycles. The number of hydrogen-bond acceptors (Lipinski definition) is 3. The molecular formula is C18H33N3O. The Kier molecular flexibility index (Phi) is 5.75. The molecule has 4 nitrogen and oxygen atoms in total. The maximum absolute atomic E-state index is 12.5. The van der Waals surface area contributed by atoms with E-state index in [0.717, 1.165) is 38.6 Å². The number of likely N-dealkylation sites (tertiary alicyclic amines) is 1. The lowest BCUT2D eigenvalue weighted by Gasteiger charge is -2.38. The van der Waals surface area contributed by atoms with Crippen LogP contribution in [-0.2, 0) is 4.79 Å². The number of hydrogen-bond donors (Lipinski definition) is 0. The molecule has 0 aromatic rings. The number of piperazine rings is 1. The summed E-state index contributed by atoms with van der Waals surface area (Å²) in [6.07, 6.45) is 9.40. The van der Waals surface area contributed by atoms with Crippen molar-refractivity contribution < 1.29 is 4.79 Å². The van der Waals surface area contributed by atoms with Gasteiger partial charge in [-0.05, 0) is 44.9 Å². The lowest BCUT2D eigenvalue weighted by molar-refractivity contribution is -0.136. The lowest BCUT2D eigenvalue weighted by atomic mass is 10.0. The summed E-state index contributed by atoms with van der Waals surface area (Å²) in [5, 5.41) is 0. The van der Waals surface area contributed by atoms with Gasteiger partial charge in [-0.25, -0.2) is 0 Å². The van der Waals surface area contributed by atoms with Crippen LogP contribution in [0, 0.1) is 5.92 Å². The zero-order chi connectivity index (χ0) is 15.4. The molecule has 0 N–H and O–H groups in total. The second kappa shape index (κ2) is 7.78. The highest BCUT2D eigenvalue weighted by Crippen LogP contribution is 2.25. The smallest absolute Gasteiger partial charge is 0.236 e. The van der Waals surface area contributed by atoms with Gasteiger partial charge >= 0.3 is 0 Å². The van der Waals surface area contributed by atoms with Crippen LogP contribution >= 0.6 is 0 Å². The Morgan fingerprint density at radius 2 is 1.50 bits per heavy atom. The van der Waals surface area contributed by atoms with Crippen molar-refractivity contribution in [1.82, 2.24) is 14.7 Å². The monoisotopic (exact) mass is 307 g/mol. The molecule has 2 aliphatic heterocycles. The highest BCUT2D eigenvalue weighted by Gasteiger charge is 2.27. The van der Waals surface area contributed by atoms with E-state index in [1.807, 2.05) is 0 Å². The minimum Gasteiger partial charge on any atom is -0.339 e. The van der Waals surface area contributed by atoms with Crippen LogP contribution in [0.5, 0.6) is 0 Å². The summed E-state index contributed by atoms with van der Waals surface area (Å²) in [6.45, 7) is 9.56. The molecule has 1 amide bonds. The van der Waals surface area contributed by atoms with Crippen molar-refractivity contribution in [2.24, 2.45) is 5.92 Å². The molecule has 2 heterocycles. The minimum atomic E-state index is 0.358. The standard InChI is InChI=1S/C18H33N3O/c1-16-6-4-5-9-21(16)18(22)15-20-12-10-19(11-13-20)14-17-7-2-3-8-17/h16-17H,2-15H2,1H3/t16-/m1/s1. The third kappa shape index (κ3) is 4.23. The molecule has 1 saturated carbocycles. The quantitative estimate of drug-likeness (QED) is 0.796. The number of amides is 1. The average molecular weight is 307 g/mol. The van der Waals surface area contributed by atoms with Gasteiger partial charge in [0.1, 0.15) is 0 Å². The van der Waals surface area contributed by atoms with Gasteiger partial charge in [-0.3, -0.25) is 9.69 Å². The van der Waals surface area contributed by atoms with Gasteiger partial charge in [0.25, 0.3) is 0 Å². The first-order valence-corrected chi connectivity index (χ1v) is 9.46. The van der Waals surface area contributed by atoms with Gasteiger partial charge in [0.05, 0.1) is 6.54 Å². The van der Waals surface area contributed by atoms with Crippen LogP contribution in [0.1, 0.15) is 51.9 Å². The molecule has 0 unspecified atom stereocenters. The predicted octanol–water partition coefficient (Wildman–Crippen LogP) is 2.20. The fourth-order valence-electron chi connectivity index (χ4n) is 4.44. The van der Waals surface area contributed by atoms with E-state index in [-0.39, 0.29) is 0 Å². The van der Waals surface area contributed by atoms with Crippen molar-refractivity contribution in [3.63, 3.8) is 0 Å². The van der Waals surface area contributed by atoms with Gasteiger partial charge in [0.15, 0.2) is 0 Å². The minimum absolute atomic E-state index is 0.358. The first kappa shape index (κ1) is 16.3. The number of carbonyl (C=O) groups excluding carboxylic acids is 1. The molecule has 3 rings (SSSR count). The predicted molar refractivity (Wildman–Crippen MR) is 89.9 cm³/mol. The van der Waals surface area contributed by atoms with Gasteiger partial charge in [-0.1, -0.05) is 12.8 Å². The van der Waals surface area contributed by atoms with E-state index in [1.165, 1.54) is 51.5 Å². The van der Waals surface area contributed by atoms with E-state index in [2.05, 4.69) is 21.6 Å². The number of rotatable bonds is 4. The molecule has 1 aliphatic carbocycles. The average Bonchev–Trinajstić information content (AvgIpc) is 3.02. The molecule has 0 spiro atoms. The number of nitrogens with zero attached hydrogens (tertiary/aromatic N) is 3. The summed E-state index contributed by atoms with van der Waals surface area (Å²) >= 11 is 0. The highest BCUT2D eigenvalue weighted by molar-refractivity contribution is 5.78. The van der Waals surface area contributed by atoms with Crippen LogP contribution in [0.15, 0.2) is 0 Å². The molecule has 2 saturated heterocycles. The van der Waals surface area contributed by atoms with Gasteiger partial charge in [-0.15, -0.1) is 0 Å². The first-order chi connectivity index (χ1) is 10.7. The molecule has 0 radical (unpaired) electrons. The normalized spacial score (nSPS) is 29.1. The molecule has 22 heavy (non-hydrogen) atoms. The van der Waals surface area contributed by atoms with Crippen molar-refractivity contribution in [3.8, 4) is 0 Å². The van der Waals surface area contributed by atoms with Gasteiger partial charge in [0, 0.05) is 45.3 Å². The molecule has 3 fully saturated rings.